The number of nitrogens with zero attached hydrogens (tertiary/aromatic N) is 5. The molecule has 0 saturated heterocycles. The monoisotopic (exact) mass is 594 g/mol. The van der Waals surface area contributed by atoms with E-state index in [0.29, 0.717) is 5.69 Å². The maximum Gasteiger partial charge on any atom is 0.407 e. The van der Waals surface area contributed by atoms with Gasteiger partial charge in [0, 0.05) is 32.2 Å². The number of benzene rings is 2. The van der Waals surface area contributed by atoms with Crippen molar-refractivity contribution in [1.82, 2.24) is 20.1 Å². The first-order valence-corrected chi connectivity index (χ1v) is 13.4. The molecule has 4 rings (SSSR count). The van der Waals surface area contributed by atoms with E-state index in [2.05, 4.69) is 26.0 Å². The first kappa shape index (κ1) is 31.0. The van der Waals surface area contributed by atoms with Crippen molar-refractivity contribution in [3.63, 3.8) is 0 Å². The van der Waals surface area contributed by atoms with Crippen molar-refractivity contribution in [2.24, 2.45) is 7.05 Å². The van der Waals surface area contributed by atoms with Crippen LogP contribution < -0.4 is 20.9 Å². The highest BCUT2D eigenvalue weighted by molar-refractivity contribution is 5.93. The number of aromatic nitrogens is 3. The summed E-state index contributed by atoms with van der Waals surface area (Å²) in [6, 6.07) is 9.83. The van der Waals surface area contributed by atoms with Gasteiger partial charge in [0.05, 0.1) is 23.2 Å². The van der Waals surface area contributed by atoms with Gasteiger partial charge in [-0.2, -0.15) is 10.4 Å². The molecule has 226 valence electrons. The second-order valence-corrected chi connectivity index (χ2v) is 11.3. The van der Waals surface area contributed by atoms with Crippen molar-refractivity contribution >= 4 is 40.1 Å². The molecule has 0 spiro atoms. The quantitative estimate of drug-likeness (QED) is 0.223. The molecule has 0 aliphatic heterocycles. The maximum atomic E-state index is 15.3. The van der Waals surface area contributed by atoms with E-state index < -0.39 is 41.2 Å². The molecule has 4 aromatic rings. The van der Waals surface area contributed by atoms with Crippen LogP contribution >= 0.6 is 0 Å². The predicted molar refractivity (Wildman–Crippen MR) is 159 cm³/mol. The fourth-order valence-corrected chi connectivity index (χ4v) is 4.49. The number of hydrogen-bond donors (Lipinski definition) is 3. The van der Waals surface area contributed by atoms with E-state index in [4.69, 9.17) is 4.74 Å². The number of amides is 1. The molecule has 0 saturated carbocycles. The Morgan fingerprint density at radius 3 is 2.40 bits per heavy atom. The molecule has 2 atom stereocenters. The number of nitrogens with one attached hydrogen (secondary N) is 3. The highest BCUT2D eigenvalue weighted by atomic mass is 19.2. The van der Waals surface area contributed by atoms with Crippen molar-refractivity contribution in [2.45, 2.75) is 45.4 Å². The van der Waals surface area contributed by atoms with Gasteiger partial charge in [-0.05, 0) is 69.7 Å². The fourth-order valence-electron chi connectivity index (χ4n) is 4.49. The third-order valence-corrected chi connectivity index (χ3v) is 6.45. The second kappa shape index (κ2) is 12.1. The standard InChI is InChI=1S/C30H33F3N8O2/c1-16(35-29(42)43-30(2,3)4)25(17-8-10-21(31)22(32)12-17)37-27-23(33)13-18(15-34)26(38-27)36-19-9-11-24-20(14-19)28(40(5)6)39-41(24)7/h8-14,16,25H,1-7H3,(H,35,42)(H2,36,37,38)/t16-,25-/m0/s1. The number of aryl methyl sites for hydroxylation is 1. The number of pyridine rings is 1. The molecule has 2 heterocycles. The van der Waals surface area contributed by atoms with Crippen LogP contribution in [0.25, 0.3) is 10.9 Å². The summed E-state index contributed by atoms with van der Waals surface area (Å²) in [6.07, 6.45) is -0.757. The SMILES string of the molecule is C[C@H](NC(=O)OC(C)(C)C)[C@H](Nc1nc(Nc2ccc3c(c2)c(N(C)C)nn3C)c(C#N)cc1F)c1ccc(F)c(F)c1. The lowest BCUT2D eigenvalue weighted by atomic mass is 10.00. The van der Waals surface area contributed by atoms with E-state index >= 15 is 4.39 Å². The van der Waals surface area contributed by atoms with Crippen LogP contribution in [0.3, 0.4) is 0 Å². The first-order chi connectivity index (χ1) is 20.2. The number of anilines is 4. The van der Waals surface area contributed by atoms with E-state index in [1.807, 2.05) is 44.2 Å². The van der Waals surface area contributed by atoms with E-state index in [-0.39, 0.29) is 22.8 Å². The Bertz CT molecular complexity index is 1710. The van der Waals surface area contributed by atoms with Gasteiger partial charge in [-0.15, -0.1) is 0 Å². The van der Waals surface area contributed by atoms with Crippen LogP contribution in [0, 0.1) is 28.8 Å². The number of alkyl carbamates (subject to hydrolysis) is 1. The smallest absolute Gasteiger partial charge is 0.407 e. The minimum Gasteiger partial charge on any atom is -0.444 e. The normalized spacial score (nSPS) is 12.8. The van der Waals surface area contributed by atoms with Crippen molar-refractivity contribution in [2.75, 3.05) is 29.6 Å². The largest absolute Gasteiger partial charge is 0.444 e. The number of nitriles is 1. The second-order valence-electron chi connectivity index (χ2n) is 11.3. The summed E-state index contributed by atoms with van der Waals surface area (Å²) < 4.78 is 50.4. The molecule has 0 bridgehead atoms. The van der Waals surface area contributed by atoms with E-state index in [1.54, 1.807) is 38.4 Å². The highest BCUT2D eigenvalue weighted by Gasteiger charge is 2.27. The minimum atomic E-state index is -1.12. The summed E-state index contributed by atoms with van der Waals surface area (Å²) in [5.74, 6) is -2.54. The molecule has 0 fully saturated rings. The highest BCUT2D eigenvalue weighted by Crippen LogP contribution is 2.31. The summed E-state index contributed by atoms with van der Waals surface area (Å²) in [5.41, 5.74) is 0.807. The summed E-state index contributed by atoms with van der Waals surface area (Å²) >= 11 is 0. The van der Waals surface area contributed by atoms with Crippen molar-refractivity contribution in [3.8, 4) is 6.07 Å². The van der Waals surface area contributed by atoms with Gasteiger partial charge in [0.15, 0.2) is 34.9 Å². The van der Waals surface area contributed by atoms with Gasteiger partial charge < -0.3 is 25.6 Å². The number of ether oxygens (including phenoxy) is 1. The molecule has 0 aliphatic rings. The third-order valence-electron chi connectivity index (χ3n) is 6.45. The lowest BCUT2D eigenvalue weighted by Crippen LogP contribution is -2.42. The van der Waals surface area contributed by atoms with E-state index in [1.165, 1.54) is 6.07 Å². The minimum absolute atomic E-state index is 0.0536. The number of halogens is 3. The number of hydrogen-bond acceptors (Lipinski definition) is 8. The molecule has 0 unspecified atom stereocenters. The molecule has 2 aromatic carbocycles. The average Bonchev–Trinajstić information content (AvgIpc) is 3.25. The van der Waals surface area contributed by atoms with Crippen LogP contribution in [-0.2, 0) is 11.8 Å². The van der Waals surface area contributed by atoms with Crippen LogP contribution in [0.1, 0.15) is 44.9 Å². The summed E-state index contributed by atoms with van der Waals surface area (Å²) in [4.78, 5) is 18.7. The van der Waals surface area contributed by atoms with Crippen LogP contribution in [0.5, 0.6) is 0 Å². The van der Waals surface area contributed by atoms with Gasteiger partial charge >= 0.3 is 6.09 Å². The van der Waals surface area contributed by atoms with Crippen LogP contribution in [0.2, 0.25) is 0 Å². The Balaban J connectivity index is 1.71. The van der Waals surface area contributed by atoms with Gasteiger partial charge in [-0.3, -0.25) is 4.68 Å². The van der Waals surface area contributed by atoms with E-state index in [9.17, 15) is 18.8 Å². The number of carbonyl (C=O) groups is 1. The van der Waals surface area contributed by atoms with Crippen molar-refractivity contribution in [1.29, 1.82) is 5.26 Å². The molecular weight excluding hydrogens is 561 g/mol. The Morgan fingerprint density at radius 1 is 1.05 bits per heavy atom. The lowest BCUT2D eigenvalue weighted by molar-refractivity contribution is 0.0503. The van der Waals surface area contributed by atoms with Crippen LogP contribution in [0.15, 0.2) is 42.5 Å². The predicted octanol–water partition coefficient (Wildman–Crippen LogP) is 6.13. The molecule has 13 heteroatoms. The fraction of sp³-hybridized carbons (Fsp3) is 0.333. The van der Waals surface area contributed by atoms with Crippen LogP contribution in [0.4, 0.5) is 41.1 Å². The van der Waals surface area contributed by atoms with Crippen LogP contribution in [-0.4, -0.2) is 46.6 Å². The number of fused-ring (bicyclic) bond motifs is 1. The summed E-state index contributed by atoms with van der Waals surface area (Å²) in [6.45, 7) is 6.68. The molecule has 0 aliphatic carbocycles. The average molecular weight is 595 g/mol. The topological polar surface area (TPSA) is 120 Å². The Morgan fingerprint density at radius 2 is 1.77 bits per heavy atom. The molecular formula is C30H33F3N8O2. The van der Waals surface area contributed by atoms with E-state index in [0.717, 1.165) is 34.9 Å². The Labute approximate surface area is 247 Å². The lowest BCUT2D eigenvalue weighted by Gasteiger charge is -2.29. The zero-order valence-corrected chi connectivity index (χ0v) is 24.9. The Kier molecular flexibility index (Phi) is 8.70. The van der Waals surface area contributed by atoms with Gasteiger partial charge in [0.1, 0.15) is 11.7 Å². The van der Waals surface area contributed by atoms with Gasteiger partial charge in [0.25, 0.3) is 0 Å². The van der Waals surface area contributed by atoms with Gasteiger partial charge in [-0.25, -0.2) is 22.9 Å². The summed E-state index contributed by atoms with van der Waals surface area (Å²) in [7, 11) is 5.58. The zero-order valence-electron chi connectivity index (χ0n) is 24.9. The van der Waals surface area contributed by atoms with Crippen molar-refractivity contribution in [3.05, 3.63) is 71.0 Å². The molecule has 3 N–H and O–H groups in total. The van der Waals surface area contributed by atoms with Gasteiger partial charge in [-0.1, -0.05) is 6.07 Å². The molecule has 2 aromatic heterocycles. The molecule has 0 radical (unpaired) electrons. The molecule has 10 nitrogen and oxygen atoms in total. The molecule has 1 amide bonds. The van der Waals surface area contributed by atoms with Crippen molar-refractivity contribution < 1.29 is 22.7 Å². The number of rotatable bonds is 8. The molecule has 43 heavy (non-hydrogen) atoms. The zero-order chi connectivity index (χ0) is 31.6. The maximum absolute atomic E-state index is 15.3. The first-order valence-electron chi connectivity index (χ1n) is 13.4. The Hall–Kier alpha value is -4.99. The third kappa shape index (κ3) is 7.09. The van der Waals surface area contributed by atoms with Gasteiger partial charge in [0.2, 0.25) is 0 Å². The summed E-state index contributed by atoms with van der Waals surface area (Å²) in [5, 5.41) is 23.7. The number of carbonyl (C=O) groups excluding carboxylic acids is 1.